The van der Waals surface area contributed by atoms with Crippen LogP contribution >= 0.6 is 0 Å². The molecule has 0 aliphatic rings. The Balaban J connectivity index is 1.74. The van der Waals surface area contributed by atoms with Gasteiger partial charge in [0.25, 0.3) is 0 Å². The van der Waals surface area contributed by atoms with Crippen LogP contribution in [0.25, 0.3) is 11.3 Å². The number of hydrogen-bond acceptors (Lipinski definition) is 6. The fraction of sp³-hybridized carbons (Fsp3) is 0.304. The predicted molar refractivity (Wildman–Crippen MR) is 110 cm³/mol. The van der Waals surface area contributed by atoms with Gasteiger partial charge in [-0.05, 0) is 29.8 Å². The van der Waals surface area contributed by atoms with E-state index in [-0.39, 0.29) is 11.9 Å². The smallest absolute Gasteiger partial charge is 0.309 e. The van der Waals surface area contributed by atoms with Crippen molar-refractivity contribution in [2.24, 2.45) is 5.92 Å². The number of ether oxygens (including phenoxy) is 2. The summed E-state index contributed by atoms with van der Waals surface area (Å²) in [5.41, 5.74) is 2.09. The molecule has 0 radical (unpaired) electrons. The third-order valence-electron chi connectivity index (χ3n) is 4.67. The van der Waals surface area contributed by atoms with Crippen LogP contribution in [-0.4, -0.2) is 36.6 Å². The van der Waals surface area contributed by atoms with Crippen LogP contribution in [0.3, 0.4) is 0 Å². The number of oxazole rings is 1. The maximum absolute atomic E-state index is 11.9. The molecular weight excluding hydrogens is 368 g/mol. The summed E-state index contributed by atoms with van der Waals surface area (Å²) in [5.74, 6) is 1.61. The lowest BCUT2D eigenvalue weighted by molar-refractivity contribution is -0.145. The number of aromatic nitrogens is 1. The Bertz CT molecular complexity index is 906. The van der Waals surface area contributed by atoms with E-state index in [1.807, 2.05) is 49.4 Å². The number of methoxy groups -OCH3 is 2. The first-order chi connectivity index (χ1) is 14.1. The minimum atomic E-state index is -0.250. The van der Waals surface area contributed by atoms with Gasteiger partial charge in [0.1, 0.15) is 5.75 Å². The van der Waals surface area contributed by atoms with Crippen LogP contribution < -0.4 is 4.74 Å². The minimum absolute atomic E-state index is 0.227. The molecular formula is C23H26N2O4. The van der Waals surface area contributed by atoms with Crippen molar-refractivity contribution in [3.63, 3.8) is 0 Å². The van der Waals surface area contributed by atoms with Crippen LogP contribution in [0.4, 0.5) is 0 Å². The van der Waals surface area contributed by atoms with Gasteiger partial charge in [0.2, 0.25) is 5.89 Å². The zero-order valence-electron chi connectivity index (χ0n) is 17.0. The molecule has 0 aliphatic carbocycles. The average molecular weight is 394 g/mol. The molecule has 1 aromatic heterocycles. The molecule has 0 saturated carbocycles. The van der Waals surface area contributed by atoms with Gasteiger partial charge in [-0.25, -0.2) is 4.98 Å². The fourth-order valence-electron chi connectivity index (χ4n) is 3.15. The summed E-state index contributed by atoms with van der Waals surface area (Å²) in [6, 6.07) is 17.8. The van der Waals surface area contributed by atoms with Gasteiger partial charge in [-0.1, -0.05) is 37.3 Å². The number of carbonyl (C=O) groups excluding carboxylic acids is 1. The van der Waals surface area contributed by atoms with Crippen molar-refractivity contribution in [3.05, 3.63) is 72.2 Å². The van der Waals surface area contributed by atoms with Gasteiger partial charge in [0, 0.05) is 18.7 Å². The molecule has 0 N–H and O–H groups in total. The standard InChI is InChI=1S/C23H26N2O4/c1-17(23(26)28-3)14-25(15-18-7-5-4-6-8-18)16-22-24-13-21(29-22)19-9-11-20(27-2)12-10-19/h4-13,17H,14-16H2,1-3H3/t17-/m0/s1. The predicted octanol–water partition coefficient (Wildman–Crippen LogP) is 4.16. The first-order valence-electron chi connectivity index (χ1n) is 9.52. The maximum Gasteiger partial charge on any atom is 0.309 e. The Morgan fingerprint density at radius 3 is 2.45 bits per heavy atom. The van der Waals surface area contributed by atoms with Gasteiger partial charge in [-0.15, -0.1) is 0 Å². The Hall–Kier alpha value is -3.12. The van der Waals surface area contributed by atoms with Gasteiger partial charge in [-0.2, -0.15) is 0 Å². The monoisotopic (exact) mass is 394 g/mol. The summed E-state index contributed by atoms with van der Waals surface area (Å²) < 4.78 is 16.0. The fourth-order valence-corrected chi connectivity index (χ4v) is 3.15. The van der Waals surface area contributed by atoms with E-state index < -0.39 is 0 Å². The van der Waals surface area contributed by atoms with E-state index >= 15 is 0 Å². The molecule has 29 heavy (non-hydrogen) atoms. The lowest BCUT2D eigenvalue weighted by Gasteiger charge is -2.23. The number of hydrogen-bond donors (Lipinski definition) is 0. The Kier molecular flexibility index (Phi) is 7.03. The second-order valence-electron chi connectivity index (χ2n) is 6.93. The van der Waals surface area contributed by atoms with E-state index in [1.165, 1.54) is 7.11 Å². The van der Waals surface area contributed by atoms with Gasteiger partial charge in [0.15, 0.2) is 5.76 Å². The Morgan fingerprint density at radius 2 is 1.79 bits per heavy atom. The van der Waals surface area contributed by atoms with Gasteiger partial charge in [0.05, 0.1) is 32.9 Å². The van der Waals surface area contributed by atoms with Crippen molar-refractivity contribution in [2.45, 2.75) is 20.0 Å². The van der Waals surface area contributed by atoms with E-state index in [2.05, 4.69) is 22.0 Å². The summed E-state index contributed by atoms with van der Waals surface area (Å²) in [4.78, 5) is 18.5. The van der Waals surface area contributed by atoms with Gasteiger partial charge in [-0.3, -0.25) is 9.69 Å². The molecule has 3 aromatic rings. The SMILES string of the molecule is COC(=O)[C@@H](C)CN(Cc1ccccc1)Cc1ncc(-c2ccc(OC)cc2)o1. The number of nitrogens with zero attached hydrogens (tertiary/aromatic N) is 2. The number of esters is 1. The van der Waals surface area contributed by atoms with Crippen LogP contribution in [0.5, 0.6) is 5.75 Å². The van der Waals surface area contributed by atoms with Crippen LogP contribution in [-0.2, 0) is 22.6 Å². The molecule has 0 aliphatic heterocycles. The zero-order valence-corrected chi connectivity index (χ0v) is 17.0. The highest BCUT2D eigenvalue weighted by molar-refractivity contribution is 5.72. The molecule has 6 heteroatoms. The molecule has 0 bridgehead atoms. The molecule has 0 unspecified atom stereocenters. The van der Waals surface area contributed by atoms with E-state index in [0.29, 0.717) is 31.3 Å². The van der Waals surface area contributed by atoms with Crippen molar-refractivity contribution >= 4 is 5.97 Å². The molecule has 3 rings (SSSR count). The largest absolute Gasteiger partial charge is 0.497 e. The summed E-state index contributed by atoms with van der Waals surface area (Å²) in [6.07, 6.45) is 1.72. The van der Waals surface area contributed by atoms with E-state index in [1.54, 1.807) is 13.3 Å². The molecule has 2 aromatic carbocycles. The van der Waals surface area contributed by atoms with E-state index in [9.17, 15) is 4.79 Å². The third-order valence-corrected chi connectivity index (χ3v) is 4.67. The number of carbonyl (C=O) groups is 1. The van der Waals surface area contributed by atoms with E-state index in [0.717, 1.165) is 16.9 Å². The molecule has 0 spiro atoms. The highest BCUT2D eigenvalue weighted by atomic mass is 16.5. The first-order valence-corrected chi connectivity index (χ1v) is 9.52. The average Bonchev–Trinajstić information content (AvgIpc) is 3.22. The second kappa shape index (κ2) is 9.89. The van der Waals surface area contributed by atoms with Crippen LogP contribution in [0.2, 0.25) is 0 Å². The van der Waals surface area contributed by atoms with Crippen molar-refractivity contribution in [2.75, 3.05) is 20.8 Å². The van der Waals surface area contributed by atoms with Crippen LogP contribution in [0.15, 0.2) is 65.2 Å². The van der Waals surface area contributed by atoms with Gasteiger partial charge < -0.3 is 13.9 Å². The molecule has 1 heterocycles. The lowest BCUT2D eigenvalue weighted by atomic mass is 10.1. The first kappa shape index (κ1) is 20.6. The summed E-state index contributed by atoms with van der Waals surface area (Å²) in [6.45, 7) is 3.58. The third kappa shape index (κ3) is 5.68. The second-order valence-corrected chi connectivity index (χ2v) is 6.93. The van der Waals surface area contributed by atoms with Crippen LogP contribution in [0, 0.1) is 5.92 Å². The zero-order chi connectivity index (χ0) is 20.6. The molecule has 0 saturated heterocycles. The summed E-state index contributed by atoms with van der Waals surface area (Å²) >= 11 is 0. The maximum atomic E-state index is 11.9. The van der Waals surface area contributed by atoms with Crippen LogP contribution in [0.1, 0.15) is 18.4 Å². The molecule has 152 valence electrons. The molecule has 0 amide bonds. The Morgan fingerprint density at radius 1 is 1.07 bits per heavy atom. The quantitative estimate of drug-likeness (QED) is 0.508. The number of rotatable bonds is 9. The van der Waals surface area contributed by atoms with Gasteiger partial charge >= 0.3 is 5.97 Å². The molecule has 1 atom stereocenters. The van der Waals surface area contributed by atoms with E-state index in [4.69, 9.17) is 13.9 Å². The molecule has 6 nitrogen and oxygen atoms in total. The van der Waals surface area contributed by atoms with Crippen molar-refractivity contribution in [3.8, 4) is 17.1 Å². The van der Waals surface area contributed by atoms with Crippen molar-refractivity contribution < 1.29 is 18.7 Å². The van der Waals surface area contributed by atoms with Crippen molar-refractivity contribution in [1.82, 2.24) is 9.88 Å². The summed E-state index contributed by atoms with van der Waals surface area (Å²) in [7, 11) is 3.05. The minimum Gasteiger partial charge on any atom is -0.497 e. The number of benzene rings is 2. The molecule has 0 fully saturated rings. The lowest BCUT2D eigenvalue weighted by Crippen LogP contribution is -2.31. The highest BCUT2D eigenvalue weighted by Crippen LogP contribution is 2.24. The Labute approximate surface area is 171 Å². The summed E-state index contributed by atoms with van der Waals surface area (Å²) in [5, 5.41) is 0. The normalized spacial score (nSPS) is 12.0. The highest BCUT2D eigenvalue weighted by Gasteiger charge is 2.20. The topological polar surface area (TPSA) is 64.8 Å². The van der Waals surface area contributed by atoms with Crippen molar-refractivity contribution in [1.29, 1.82) is 0 Å².